The SMILES string of the molecule is CSC(=S)Nc1ccccc1N. The Kier molecular flexibility index (Phi) is 3.37. The van der Waals surface area contributed by atoms with Crippen LogP contribution in [0.15, 0.2) is 24.3 Å². The van der Waals surface area contributed by atoms with E-state index in [1.807, 2.05) is 30.5 Å². The number of thioether (sulfide) groups is 1. The fourth-order valence-electron chi connectivity index (χ4n) is 0.772. The van der Waals surface area contributed by atoms with Crippen molar-refractivity contribution in [1.29, 1.82) is 0 Å². The summed E-state index contributed by atoms with van der Waals surface area (Å²) < 4.78 is 0.730. The molecule has 0 unspecified atom stereocenters. The maximum absolute atomic E-state index is 5.69. The molecule has 0 spiro atoms. The van der Waals surface area contributed by atoms with Gasteiger partial charge >= 0.3 is 0 Å². The molecule has 0 aliphatic carbocycles. The van der Waals surface area contributed by atoms with E-state index in [2.05, 4.69) is 5.32 Å². The molecule has 0 atom stereocenters. The molecule has 0 heterocycles. The van der Waals surface area contributed by atoms with Gasteiger partial charge in [0.2, 0.25) is 0 Å². The van der Waals surface area contributed by atoms with E-state index in [0.717, 1.165) is 10.0 Å². The van der Waals surface area contributed by atoms with Crippen molar-refractivity contribution in [2.24, 2.45) is 0 Å². The molecule has 0 aliphatic rings. The normalized spacial score (nSPS) is 9.42. The lowest BCUT2D eigenvalue weighted by molar-refractivity contribution is 1.65. The molecule has 1 aromatic rings. The number of rotatable bonds is 1. The van der Waals surface area contributed by atoms with Gasteiger partial charge in [-0.15, -0.1) is 11.8 Å². The van der Waals surface area contributed by atoms with Crippen molar-refractivity contribution < 1.29 is 0 Å². The average Bonchev–Trinajstić information content (AvgIpc) is 2.09. The Labute approximate surface area is 81.5 Å². The van der Waals surface area contributed by atoms with E-state index in [9.17, 15) is 0 Å². The molecule has 0 saturated heterocycles. The fraction of sp³-hybridized carbons (Fsp3) is 0.125. The molecule has 2 nitrogen and oxygen atoms in total. The van der Waals surface area contributed by atoms with Crippen LogP contribution in [-0.4, -0.2) is 10.6 Å². The highest BCUT2D eigenvalue weighted by Gasteiger charge is 1.97. The predicted octanol–water partition coefficient (Wildman–Crippen LogP) is 2.33. The summed E-state index contributed by atoms with van der Waals surface area (Å²) in [7, 11) is 0. The van der Waals surface area contributed by atoms with E-state index in [1.54, 1.807) is 0 Å². The van der Waals surface area contributed by atoms with Crippen molar-refractivity contribution >= 4 is 39.7 Å². The van der Waals surface area contributed by atoms with Gasteiger partial charge in [-0.1, -0.05) is 24.4 Å². The average molecular weight is 198 g/mol. The van der Waals surface area contributed by atoms with E-state index in [0.29, 0.717) is 5.69 Å². The molecular weight excluding hydrogens is 188 g/mol. The van der Waals surface area contributed by atoms with Gasteiger partial charge in [0.1, 0.15) is 4.32 Å². The van der Waals surface area contributed by atoms with Gasteiger partial charge in [-0.05, 0) is 18.4 Å². The van der Waals surface area contributed by atoms with E-state index >= 15 is 0 Å². The highest BCUT2D eigenvalue weighted by molar-refractivity contribution is 8.22. The smallest absolute Gasteiger partial charge is 0.137 e. The summed E-state index contributed by atoms with van der Waals surface area (Å²) in [5, 5.41) is 3.03. The van der Waals surface area contributed by atoms with Gasteiger partial charge in [0.05, 0.1) is 11.4 Å². The first kappa shape index (κ1) is 9.35. The Bertz CT molecular complexity index is 286. The molecule has 0 aliphatic heterocycles. The van der Waals surface area contributed by atoms with Crippen LogP contribution in [0.25, 0.3) is 0 Å². The first-order valence-electron chi connectivity index (χ1n) is 3.43. The molecule has 1 rings (SSSR count). The number of para-hydroxylation sites is 2. The second-order valence-electron chi connectivity index (χ2n) is 2.20. The molecule has 0 saturated carbocycles. The number of hydrogen-bond donors (Lipinski definition) is 2. The zero-order valence-corrected chi connectivity index (χ0v) is 8.34. The lowest BCUT2D eigenvalue weighted by atomic mass is 10.3. The molecule has 0 bridgehead atoms. The molecular formula is C8H10N2S2. The van der Waals surface area contributed by atoms with Crippen LogP contribution in [0, 0.1) is 0 Å². The minimum Gasteiger partial charge on any atom is -0.397 e. The summed E-state index contributed by atoms with van der Waals surface area (Å²) in [4.78, 5) is 0. The topological polar surface area (TPSA) is 38.0 Å². The highest BCUT2D eigenvalue weighted by atomic mass is 32.2. The maximum Gasteiger partial charge on any atom is 0.137 e. The number of hydrogen-bond acceptors (Lipinski definition) is 3. The van der Waals surface area contributed by atoms with Crippen LogP contribution in [0.4, 0.5) is 11.4 Å². The molecule has 0 radical (unpaired) electrons. The summed E-state index contributed by atoms with van der Waals surface area (Å²) in [6, 6.07) is 7.55. The number of benzene rings is 1. The number of nitrogens with one attached hydrogen (secondary N) is 1. The third-order valence-corrected chi connectivity index (χ3v) is 2.46. The minimum absolute atomic E-state index is 0.717. The van der Waals surface area contributed by atoms with Crippen LogP contribution in [0.5, 0.6) is 0 Å². The van der Waals surface area contributed by atoms with Gasteiger partial charge < -0.3 is 11.1 Å². The van der Waals surface area contributed by atoms with Crippen molar-refractivity contribution in [3.8, 4) is 0 Å². The highest BCUT2D eigenvalue weighted by Crippen LogP contribution is 2.18. The Morgan fingerprint density at radius 3 is 2.75 bits per heavy atom. The van der Waals surface area contributed by atoms with Gasteiger partial charge in [-0.3, -0.25) is 0 Å². The zero-order chi connectivity index (χ0) is 8.97. The number of nitrogen functional groups attached to an aromatic ring is 1. The lowest BCUT2D eigenvalue weighted by Gasteiger charge is -2.07. The van der Waals surface area contributed by atoms with Crippen LogP contribution in [0.3, 0.4) is 0 Å². The quantitative estimate of drug-likeness (QED) is 0.536. The second-order valence-corrected chi connectivity index (χ2v) is 3.69. The molecule has 3 N–H and O–H groups in total. The number of thiocarbonyl (C=S) groups is 1. The molecule has 0 fully saturated rings. The minimum atomic E-state index is 0.717. The standard InChI is InChI=1S/C8H10N2S2/c1-12-8(11)10-7-5-3-2-4-6(7)9/h2-5H,9H2,1H3,(H,10,11). The van der Waals surface area contributed by atoms with Gasteiger partial charge in [0, 0.05) is 0 Å². The van der Waals surface area contributed by atoms with E-state index in [4.69, 9.17) is 18.0 Å². The molecule has 64 valence electrons. The van der Waals surface area contributed by atoms with Gasteiger partial charge in [0.25, 0.3) is 0 Å². The monoisotopic (exact) mass is 198 g/mol. The van der Waals surface area contributed by atoms with Crippen molar-refractivity contribution in [1.82, 2.24) is 0 Å². The Morgan fingerprint density at radius 1 is 1.50 bits per heavy atom. The number of nitrogens with two attached hydrogens (primary N) is 1. The van der Waals surface area contributed by atoms with Crippen LogP contribution < -0.4 is 11.1 Å². The van der Waals surface area contributed by atoms with Crippen molar-refractivity contribution in [3.63, 3.8) is 0 Å². The Balaban J connectivity index is 2.75. The zero-order valence-electron chi connectivity index (χ0n) is 6.70. The van der Waals surface area contributed by atoms with Crippen molar-refractivity contribution in [2.45, 2.75) is 0 Å². The van der Waals surface area contributed by atoms with Crippen LogP contribution in [0.1, 0.15) is 0 Å². The van der Waals surface area contributed by atoms with Crippen LogP contribution >= 0.6 is 24.0 Å². The molecule has 12 heavy (non-hydrogen) atoms. The van der Waals surface area contributed by atoms with E-state index < -0.39 is 0 Å². The molecule has 0 amide bonds. The first-order chi connectivity index (χ1) is 5.74. The van der Waals surface area contributed by atoms with E-state index in [-0.39, 0.29) is 0 Å². The third kappa shape index (κ3) is 2.39. The third-order valence-electron chi connectivity index (χ3n) is 1.38. The summed E-state index contributed by atoms with van der Waals surface area (Å²) in [5.74, 6) is 0. The first-order valence-corrected chi connectivity index (χ1v) is 5.07. The molecule has 0 aromatic heterocycles. The predicted molar refractivity (Wildman–Crippen MR) is 60.6 cm³/mol. The largest absolute Gasteiger partial charge is 0.397 e. The summed E-state index contributed by atoms with van der Waals surface area (Å²) >= 11 is 6.49. The van der Waals surface area contributed by atoms with Gasteiger partial charge in [-0.2, -0.15) is 0 Å². The van der Waals surface area contributed by atoms with Crippen molar-refractivity contribution in [3.05, 3.63) is 24.3 Å². The molecule has 1 aromatic carbocycles. The fourth-order valence-corrected chi connectivity index (χ4v) is 1.09. The van der Waals surface area contributed by atoms with Crippen LogP contribution in [0.2, 0.25) is 0 Å². The lowest BCUT2D eigenvalue weighted by Crippen LogP contribution is -2.05. The summed E-state index contributed by atoms with van der Waals surface area (Å²) in [6.45, 7) is 0. The van der Waals surface area contributed by atoms with Gasteiger partial charge in [-0.25, -0.2) is 0 Å². The Hall–Kier alpha value is -0.740. The van der Waals surface area contributed by atoms with Crippen molar-refractivity contribution in [2.75, 3.05) is 17.3 Å². The molecule has 4 heteroatoms. The number of anilines is 2. The summed E-state index contributed by atoms with van der Waals surface area (Å²) in [6.07, 6.45) is 1.93. The van der Waals surface area contributed by atoms with E-state index in [1.165, 1.54) is 11.8 Å². The summed E-state index contributed by atoms with van der Waals surface area (Å²) in [5.41, 5.74) is 7.28. The Morgan fingerprint density at radius 2 is 2.17 bits per heavy atom. The van der Waals surface area contributed by atoms with Crippen LogP contribution in [-0.2, 0) is 0 Å². The maximum atomic E-state index is 5.69. The van der Waals surface area contributed by atoms with Gasteiger partial charge in [0.15, 0.2) is 0 Å². The second kappa shape index (κ2) is 4.33.